The van der Waals surface area contributed by atoms with E-state index in [1.54, 1.807) is 18.6 Å². The Balaban J connectivity index is 1.49. The van der Waals surface area contributed by atoms with Crippen molar-refractivity contribution in [2.45, 2.75) is 49.5 Å². The molecule has 1 saturated carbocycles. The van der Waals surface area contributed by atoms with Crippen LogP contribution in [0.5, 0.6) is 0 Å². The maximum Gasteiger partial charge on any atom is 0.243 e. The molecular weight excluding hydrogens is 432 g/mol. The monoisotopic (exact) mass is 465 g/mol. The first-order valence-electron chi connectivity index (χ1n) is 11.2. The summed E-state index contributed by atoms with van der Waals surface area (Å²) in [4.78, 5) is 24.2. The molecule has 2 amide bonds. The van der Waals surface area contributed by atoms with E-state index in [1.807, 2.05) is 0 Å². The minimum atomic E-state index is -3.56. The summed E-state index contributed by atoms with van der Waals surface area (Å²) < 4.78 is 32.0. The Morgan fingerprint density at radius 2 is 1.78 bits per heavy atom. The predicted molar refractivity (Wildman–Crippen MR) is 121 cm³/mol. The molecule has 0 unspecified atom stereocenters. The number of sulfonamides is 1. The molecule has 1 heterocycles. The van der Waals surface area contributed by atoms with Crippen LogP contribution in [-0.2, 0) is 24.3 Å². The molecule has 177 valence electrons. The number of nitrogens with two attached hydrogens (primary N) is 1. The van der Waals surface area contributed by atoms with Crippen LogP contribution >= 0.6 is 0 Å². The smallest absolute Gasteiger partial charge is 0.243 e. The standard InChI is InChI=1S/C22H33N4O5S/c23-22(28)20(25-21(27)11-6-17-4-2-1-3-5-17)16-24-18-7-9-19(10-8-18)32(29,30)26-12-14-31-15-13-26/h7-11,17,20,24H,1-6,12-16H2,(H2,23,28)(H,25,27)/t20-/m0/s1. The maximum atomic E-state index is 12.7. The summed E-state index contributed by atoms with van der Waals surface area (Å²) in [5.74, 6) is -0.400. The lowest BCUT2D eigenvalue weighted by molar-refractivity contribution is -0.125. The van der Waals surface area contributed by atoms with Crippen molar-refractivity contribution in [3.63, 3.8) is 0 Å². The van der Waals surface area contributed by atoms with E-state index in [9.17, 15) is 18.0 Å². The number of carbonyl (C=O) groups is 2. The van der Waals surface area contributed by atoms with E-state index in [0.717, 1.165) is 12.8 Å². The van der Waals surface area contributed by atoms with Gasteiger partial charge in [-0.25, -0.2) is 8.42 Å². The van der Waals surface area contributed by atoms with Crippen molar-refractivity contribution in [1.82, 2.24) is 9.62 Å². The average molecular weight is 466 g/mol. The highest BCUT2D eigenvalue weighted by Gasteiger charge is 2.26. The number of amides is 2. The van der Waals surface area contributed by atoms with Crippen LogP contribution in [0.1, 0.15) is 38.5 Å². The minimum Gasteiger partial charge on any atom is -0.382 e. The van der Waals surface area contributed by atoms with Gasteiger partial charge in [0.15, 0.2) is 0 Å². The summed E-state index contributed by atoms with van der Waals surface area (Å²) in [6.45, 7) is 1.54. The Labute approximate surface area is 190 Å². The van der Waals surface area contributed by atoms with Gasteiger partial charge in [0.2, 0.25) is 21.8 Å². The summed E-state index contributed by atoms with van der Waals surface area (Å²) in [7, 11) is -3.56. The molecule has 1 aromatic carbocycles. The van der Waals surface area contributed by atoms with E-state index >= 15 is 0 Å². The normalized spacial score (nSPS) is 19.2. The molecule has 1 aromatic rings. The number of ether oxygens (including phenoxy) is 1. The van der Waals surface area contributed by atoms with Crippen molar-refractivity contribution in [2.75, 3.05) is 38.2 Å². The lowest BCUT2D eigenvalue weighted by Crippen LogP contribution is -2.48. The molecule has 2 aliphatic rings. The Bertz CT molecular complexity index is 863. The second-order valence-electron chi connectivity index (χ2n) is 8.33. The van der Waals surface area contributed by atoms with Gasteiger partial charge in [0.25, 0.3) is 0 Å². The van der Waals surface area contributed by atoms with Crippen molar-refractivity contribution >= 4 is 27.5 Å². The third-order valence-electron chi connectivity index (χ3n) is 5.99. The Hall–Kier alpha value is -2.17. The SMILES string of the molecule is NC(=O)[C@H](CNc1ccc(S(=O)(=O)N2CCOCC2)cc1)NC(=O)[CH]CC1CCCCC1. The molecule has 1 saturated heterocycles. The molecule has 0 bridgehead atoms. The van der Waals surface area contributed by atoms with Crippen molar-refractivity contribution in [3.05, 3.63) is 30.7 Å². The lowest BCUT2D eigenvalue weighted by Gasteiger charge is -2.26. The molecule has 1 aliphatic heterocycles. The number of anilines is 1. The van der Waals surface area contributed by atoms with E-state index in [0.29, 0.717) is 44.3 Å². The van der Waals surface area contributed by atoms with Gasteiger partial charge in [-0.15, -0.1) is 0 Å². The Morgan fingerprint density at radius 1 is 1.12 bits per heavy atom. The average Bonchev–Trinajstić information content (AvgIpc) is 2.81. The molecule has 2 fully saturated rings. The minimum absolute atomic E-state index is 0.105. The van der Waals surface area contributed by atoms with Gasteiger partial charge in [0, 0.05) is 31.7 Å². The van der Waals surface area contributed by atoms with Crippen LogP contribution in [0.3, 0.4) is 0 Å². The predicted octanol–water partition coefficient (Wildman–Crippen LogP) is 1.26. The number of nitrogens with zero attached hydrogens (tertiary/aromatic N) is 1. The quantitative estimate of drug-likeness (QED) is 0.477. The Morgan fingerprint density at radius 3 is 2.41 bits per heavy atom. The highest BCUT2D eigenvalue weighted by molar-refractivity contribution is 7.89. The molecule has 10 heteroatoms. The summed E-state index contributed by atoms with van der Waals surface area (Å²) in [5, 5.41) is 5.70. The van der Waals surface area contributed by atoms with Crippen LogP contribution in [0.25, 0.3) is 0 Å². The first-order valence-corrected chi connectivity index (χ1v) is 12.6. The van der Waals surface area contributed by atoms with Gasteiger partial charge in [-0.2, -0.15) is 4.31 Å². The fourth-order valence-electron chi connectivity index (χ4n) is 4.05. The van der Waals surface area contributed by atoms with Gasteiger partial charge in [0.05, 0.1) is 18.1 Å². The molecule has 4 N–H and O–H groups in total. The number of carbonyl (C=O) groups excluding carboxylic acids is 2. The molecule has 1 radical (unpaired) electrons. The number of rotatable bonds is 10. The van der Waals surface area contributed by atoms with E-state index in [2.05, 4.69) is 10.6 Å². The molecule has 3 rings (SSSR count). The second kappa shape index (κ2) is 11.6. The zero-order valence-electron chi connectivity index (χ0n) is 18.3. The van der Waals surface area contributed by atoms with Crippen molar-refractivity contribution in [1.29, 1.82) is 0 Å². The van der Waals surface area contributed by atoms with Gasteiger partial charge < -0.3 is 21.1 Å². The summed E-state index contributed by atoms with van der Waals surface area (Å²) in [5.41, 5.74) is 6.07. The summed E-state index contributed by atoms with van der Waals surface area (Å²) in [6, 6.07) is 5.42. The van der Waals surface area contributed by atoms with Crippen LogP contribution in [0.2, 0.25) is 0 Å². The highest BCUT2D eigenvalue weighted by atomic mass is 32.2. The number of benzene rings is 1. The third kappa shape index (κ3) is 6.91. The van der Waals surface area contributed by atoms with E-state index in [-0.39, 0.29) is 17.3 Å². The van der Waals surface area contributed by atoms with E-state index in [1.165, 1.54) is 35.7 Å². The molecule has 0 aromatic heterocycles. The van der Waals surface area contributed by atoms with Crippen LogP contribution in [0.4, 0.5) is 5.69 Å². The highest BCUT2D eigenvalue weighted by Crippen LogP contribution is 2.27. The second-order valence-corrected chi connectivity index (χ2v) is 10.3. The van der Waals surface area contributed by atoms with Gasteiger partial charge in [-0.05, 0) is 36.6 Å². The number of hydrogen-bond donors (Lipinski definition) is 3. The first-order chi connectivity index (χ1) is 15.4. The van der Waals surface area contributed by atoms with Crippen LogP contribution < -0.4 is 16.4 Å². The van der Waals surface area contributed by atoms with Crippen molar-refractivity contribution in [2.24, 2.45) is 11.7 Å². The van der Waals surface area contributed by atoms with E-state index in [4.69, 9.17) is 10.5 Å². The number of nitrogens with one attached hydrogen (secondary N) is 2. The maximum absolute atomic E-state index is 12.7. The fourth-order valence-corrected chi connectivity index (χ4v) is 5.46. The largest absolute Gasteiger partial charge is 0.382 e. The number of hydrogen-bond acceptors (Lipinski definition) is 6. The number of primary amides is 1. The fraction of sp³-hybridized carbons (Fsp3) is 0.591. The zero-order chi connectivity index (χ0) is 23.0. The van der Waals surface area contributed by atoms with Crippen molar-refractivity contribution < 1.29 is 22.7 Å². The van der Waals surface area contributed by atoms with Gasteiger partial charge in [-0.3, -0.25) is 9.59 Å². The number of morpholine rings is 1. The van der Waals surface area contributed by atoms with Gasteiger partial charge in [-0.1, -0.05) is 32.1 Å². The van der Waals surface area contributed by atoms with E-state index < -0.39 is 22.0 Å². The van der Waals surface area contributed by atoms with Crippen LogP contribution in [0, 0.1) is 12.3 Å². The molecule has 0 spiro atoms. The summed E-state index contributed by atoms with van der Waals surface area (Å²) in [6.07, 6.45) is 8.28. The van der Waals surface area contributed by atoms with Crippen molar-refractivity contribution in [3.8, 4) is 0 Å². The topological polar surface area (TPSA) is 131 Å². The zero-order valence-corrected chi connectivity index (χ0v) is 19.1. The molecule has 1 atom stereocenters. The van der Waals surface area contributed by atoms with Gasteiger partial charge >= 0.3 is 0 Å². The van der Waals surface area contributed by atoms with Crippen LogP contribution in [-0.4, -0.2) is 63.4 Å². The molecular formula is C22H33N4O5S. The van der Waals surface area contributed by atoms with Crippen LogP contribution in [0.15, 0.2) is 29.2 Å². The first kappa shape index (κ1) is 24.5. The van der Waals surface area contributed by atoms with Gasteiger partial charge in [0.1, 0.15) is 6.04 Å². The molecule has 32 heavy (non-hydrogen) atoms. The third-order valence-corrected chi connectivity index (χ3v) is 7.91. The molecule has 1 aliphatic carbocycles. The Kier molecular flexibility index (Phi) is 8.89. The summed E-state index contributed by atoms with van der Waals surface area (Å²) >= 11 is 0. The molecule has 9 nitrogen and oxygen atoms in total. The lowest BCUT2D eigenvalue weighted by atomic mass is 9.86.